The molecular weight excluding hydrogens is 438 g/mol. The maximum Gasteiger partial charge on any atom is 0.242 e. The minimum absolute atomic E-state index is 0.102. The molecule has 1 amide bonds. The van der Waals surface area contributed by atoms with Crippen molar-refractivity contribution < 1.29 is 9.53 Å². The Kier molecular flexibility index (Phi) is 7.44. The second-order valence-electron chi connectivity index (χ2n) is 8.91. The van der Waals surface area contributed by atoms with E-state index in [4.69, 9.17) is 9.72 Å². The fourth-order valence-electron chi connectivity index (χ4n) is 4.54. The molecule has 0 atom stereocenters. The van der Waals surface area contributed by atoms with Crippen molar-refractivity contribution in [2.45, 2.75) is 53.1 Å². The van der Waals surface area contributed by atoms with Crippen LogP contribution in [0.5, 0.6) is 5.88 Å². The highest BCUT2D eigenvalue weighted by Gasteiger charge is 2.20. The van der Waals surface area contributed by atoms with E-state index in [0.29, 0.717) is 31.8 Å². The van der Waals surface area contributed by atoms with Crippen molar-refractivity contribution in [3.63, 3.8) is 0 Å². The number of fused-ring (bicyclic) bond motifs is 1. The van der Waals surface area contributed by atoms with Gasteiger partial charge in [0.05, 0.1) is 12.5 Å². The van der Waals surface area contributed by atoms with E-state index in [9.17, 15) is 4.79 Å². The van der Waals surface area contributed by atoms with Gasteiger partial charge in [-0.05, 0) is 60.6 Å². The van der Waals surface area contributed by atoms with Crippen molar-refractivity contribution in [2.24, 2.45) is 7.05 Å². The number of hydrogen-bond donors (Lipinski definition) is 0. The number of methoxy groups -OCH3 is 1. The van der Waals surface area contributed by atoms with Crippen LogP contribution in [0.25, 0.3) is 11.0 Å². The van der Waals surface area contributed by atoms with Crippen molar-refractivity contribution in [3.8, 4) is 5.88 Å². The molecule has 35 heavy (non-hydrogen) atoms. The highest BCUT2D eigenvalue weighted by Crippen LogP contribution is 2.30. The molecule has 0 unspecified atom stereocenters. The standard InChI is InChI=1S/C28H33N5O2/c1-6-21-9-11-22(12-10-21)17-33(18-23-8-7-15-29-16-23)25(34)14-13-24-19(2)26-27(30-20(24)3)32(4)31-28(26)35-5/h7-12,15-16H,6,13-14,17-18H2,1-5H3. The first-order valence-corrected chi connectivity index (χ1v) is 12.0. The minimum Gasteiger partial charge on any atom is -0.479 e. The maximum absolute atomic E-state index is 13.5. The maximum atomic E-state index is 13.5. The molecular formula is C28H33N5O2. The van der Waals surface area contributed by atoms with Gasteiger partial charge in [0.1, 0.15) is 0 Å². The van der Waals surface area contributed by atoms with Gasteiger partial charge in [0.15, 0.2) is 5.65 Å². The van der Waals surface area contributed by atoms with Gasteiger partial charge < -0.3 is 9.64 Å². The molecule has 7 heteroatoms. The molecule has 0 aliphatic rings. The molecule has 0 bridgehead atoms. The van der Waals surface area contributed by atoms with Gasteiger partial charge in [0.2, 0.25) is 11.8 Å². The Balaban J connectivity index is 1.57. The molecule has 0 spiro atoms. The van der Waals surface area contributed by atoms with Crippen LogP contribution in [0.15, 0.2) is 48.8 Å². The average Bonchev–Trinajstić information content (AvgIpc) is 3.19. The predicted molar refractivity (Wildman–Crippen MR) is 137 cm³/mol. The van der Waals surface area contributed by atoms with E-state index in [-0.39, 0.29) is 5.91 Å². The lowest BCUT2D eigenvalue weighted by Gasteiger charge is -2.23. The second-order valence-corrected chi connectivity index (χ2v) is 8.91. The fourth-order valence-corrected chi connectivity index (χ4v) is 4.54. The summed E-state index contributed by atoms with van der Waals surface area (Å²) in [5, 5.41) is 5.34. The number of amides is 1. The summed E-state index contributed by atoms with van der Waals surface area (Å²) in [5.41, 5.74) is 7.28. The van der Waals surface area contributed by atoms with Gasteiger partial charge in [0, 0.05) is 44.6 Å². The van der Waals surface area contributed by atoms with E-state index in [0.717, 1.165) is 45.4 Å². The molecule has 4 aromatic rings. The van der Waals surface area contributed by atoms with Gasteiger partial charge in [-0.15, -0.1) is 5.10 Å². The third kappa shape index (κ3) is 5.34. The van der Waals surface area contributed by atoms with Crippen LogP contribution >= 0.6 is 0 Å². The van der Waals surface area contributed by atoms with Crippen LogP contribution in [-0.2, 0) is 37.8 Å². The van der Waals surface area contributed by atoms with E-state index in [1.807, 2.05) is 37.2 Å². The lowest BCUT2D eigenvalue weighted by Crippen LogP contribution is -2.30. The summed E-state index contributed by atoms with van der Waals surface area (Å²) >= 11 is 0. The van der Waals surface area contributed by atoms with E-state index >= 15 is 0 Å². The number of hydrogen-bond acceptors (Lipinski definition) is 5. The average molecular weight is 472 g/mol. The number of aryl methyl sites for hydroxylation is 4. The molecule has 0 fully saturated rings. The van der Waals surface area contributed by atoms with E-state index in [2.05, 4.69) is 48.2 Å². The highest BCUT2D eigenvalue weighted by atomic mass is 16.5. The van der Waals surface area contributed by atoms with Gasteiger partial charge in [-0.1, -0.05) is 37.3 Å². The molecule has 7 nitrogen and oxygen atoms in total. The number of rotatable bonds is 9. The van der Waals surface area contributed by atoms with E-state index in [1.54, 1.807) is 18.0 Å². The van der Waals surface area contributed by atoms with Crippen LogP contribution in [-0.4, -0.2) is 37.7 Å². The second kappa shape index (κ2) is 10.7. The van der Waals surface area contributed by atoms with Crippen molar-refractivity contribution in [3.05, 3.63) is 82.3 Å². The summed E-state index contributed by atoms with van der Waals surface area (Å²) in [6.07, 6.45) is 5.57. The zero-order valence-corrected chi connectivity index (χ0v) is 21.2. The Hall–Kier alpha value is -3.74. The van der Waals surface area contributed by atoms with Gasteiger partial charge in [-0.3, -0.25) is 9.78 Å². The Bertz CT molecular complexity index is 1310. The SMILES string of the molecule is CCc1ccc(CN(Cc2cccnc2)C(=O)CCc2c(C)nc3c(c(OC)nn3C)c2C)cc1. The third-order valence-corrected chi connectivity index (χ3v) is 6.56. The Morgan fingerprint density at radius 2 is 1.77 bits per heavy atom. The summed E-state index contributed by atoms with van der Waals surface area (Å²) in [6, 6.07) is 12.4. The van der Waals surface area contributed by atoms with Crippen LogP contribution in [0.2, 0.25) is 0 Å². The molecule has 4 rings (SSSR count). The first-order valence-electron chi connectivity index (χ1n) is 12.0. The number of ether oxygens (including phenoxy) is 1. The highest BCUT2D eigenvalue weighted by molar-refractivity contribution is 5.86. The largest absolute Gasteiger partial charge is 0.479 e. The summed E-state index contributed by atoms with van der Waals surface area (Å²) in [7, 11) is 3.48. The Morgan fingerprint density at radius 3 is 2.43 bits per heavy atom. The van der Waals surface area contributed by atoms with Crippen molar-refractivity contribution in [2.75, 3.05) is 7.11 Å². The molecule has 0 N–H and O–H groups in total. The molecule has 0 saturated heterocycles. The summed E-state index contributed by atoms with van der Waals surface area (Å²) in [5.74, 6) is 0.666. The number of nitrogens with zero attached hydrogens (tertiary/aromatic N) is 5. The van der Waals surface area contributed by atoms with Gasteiger partial charge in [-0.25, -0.2) is 9.67 Å². The zero-order valence-electron chi connectivity index (χ0n) is 21.2. The van der Waals surface area contributed by atoms with Crippen LogP contribution in [0, 0.1) is 13.8 Å². The molecule has 0 saturated carbocycles. The van der Waals surface area contributed by atoms with E-state index in [1.165, 1.54) is 5.56 Å². The minimum atomic E-state index is 0.102. The quantitative estimate of drug-likeness (QED) is 0.353. The summed E-state index contributed by atoms with van der Waals surface area (Å²) < 4.78 is 7.22. The molecule has 1 aromatic carbocycles. The van der Waals surface area contributed by atoms with Crippen molar-refractivity contribution in [1.29, 1.82) is 0 Å². The smallest absolute Gasteiger partial charge is 0.242 e. The lowest BCUT2D eigenvalue weighted by atomic mass is 9.99. The normalized spacial score (nSPS) is 11.1. The Labute approximate surface area is 206 Å². The predicted octanol–water partition coefficient (Wildman–Crippen LogP) is 4.71. The first-order chi connectivity index (χ1) is 16.9. The molecule has 0 aliphatic carbocycles. The topological polar surface area (TPSA) is 73.1 Å². The monoisotopic (exact) mass is 471 g/mol. The summed E-state index contributed by atoms with van der Waals surface area (Å²) in [4.78, 5) is 24.4. The van der Waals surface area contributed by atoms with Crippen molar-refractivity contribution in [1.82, 2.24) is 24.6 Å². The van der Waals surface area contributed by atoms with Gasteiger partial charge >= 0.3 is 0 Å². The molecule has 3 aromatic heterocycles. The Morgan fingerprint density at radius 1 is 1.06 bits per heavy atom. The van der Waals surface area contributed by atoms with Crippen LogP contribution < -0.4 is 4.74 Å². The van der Waals surface area contributed by atoms with Gasteiger partial charge in [-0.2, -0.15) is 0 Å². The zero-order chi connectivity index (χ0) is 24.9. The summed E-state index contributed by atoms with van der Waals surface area (Å²) in [6.45, 7) is 7.28. The molecule has 0 radical (unpaired) electrons. The first kappa shape index (κ1) is 24.4. The van der Waals surface area contributed by atoms with Crippen LogP contribution in [0.3, 0.4) is 0 Å². The number of pyridine rings is 2. The fraction of sp³-hybridized carbons (Fsp3) is 0.357. The third-order valence-electron chi connectivity index (χ3n) is 6.56. The number of carbonyl (C=O) groups excluding carboxylic acids is 1. The van der Waals surface area contributed by atoms with Gasteiger partial charge in [0.25, 0.3) is 0 Å². The molecule has 0 aliphatic heterocycles. The number of benzene rings is 1. The lowest BCUT2D eigenvalue weighted by molar-refractivity contribution is -0.132. The van der Waals surface area contributed by atoms with Crippen LogP contribution in [0.1, 0.15) is 46.9 Å². The molecule has 182 valence electrons. The molecule has 3 heterocycles. The number of aromatic nitrogens is 4. The van der Waals surface area contributed by atoms with Crippen LogP contribution in [0.4, 0.5) is 0 Å². The van der Waals surface area contributed by atoms with Crippen molar-refractivity contribution >= 4 is 16.9 Å². The number of carbonyl (C=O) groups is 1. The van der Waals surface area contributed by atoms with E-state index < -0.39 is 0 Å².